The van der Waals surface area contributed by atoms with Gasteiger partial charge in [0.25, 0.3) is 0 Å². The summed E-state index contributed by atoms with van der Waals surface area (Å²) in [5.74, 6) is -3.65. The molecule has 7 rings (SSSR count). The van der Waals surface area contributed by atoms with Gasteiger partial charge in [0.2, 0.25) is 17.7 Å². The molecule has 0 saturated carbocycles. The Kier molecular flexibility index (Phi) is 9.16. The molecule has 7 atom stereocenters. The lowest BCUT2D eigenvalue weighted by Crippen LogP contribution is -2.56. The molecule has 2 N–H and O–H groups in total. The highest BCUT2D eigenvalue weighted by Gasteiger charge is 2.74. The van der Waals surface area contributed by atoms with Crippen LogP contribution in [0.25, 0.3) is 0 Å². The first-order chi connectivity index (χ1) is 23.9. The van der Waals surface area contributed by atoms with Gasteiger partial charge in [0.1, 0.15) is 18.2 Å². The van der Waals surface area contributed by atoms with Crippen molar-refractivity contribution in [1.29, 1.82) is 0 Å². The van der Waals surface area contributed by atoms with Crippen molar-refractivity contribution in [2.24, 2.45) is 11.8 Å². The summed E-state index contributed by atoms with van der Waals surface area (Å²) in [5.41, 5.74) is 0.852. The fourth-order valence-electron chi connectivity index (χ4n) is 7.71. The highest BCUT2D eigenvalue weighted by Crippen LogP contribution is 2.57. The van der Waals surface area contributed by atoms with Crippen LogP contribution in [0.1, 0.15) is 41.6 Å². The minimum absolute atomic E-state index is 0.0885. The van der Waals surface area contributed by atoms with Crippen molar-refractivity contribution in [2.45, 2.75) is 49.2 Å². The fraction of sp³-hybridized carbons (Fsp3) is 0.333. The van der Waals surface area contributed by atoms with E-state index in [1.165, 1.54) is 4.90 Å². The molecule has 4 aliphatic rings. The van der Waals surface area contributed by atoms with Crippen LogP contribution in [0.3, 0.4) is 0 Å². The second-order valence-electron chi connectivity index (χ2n) is 12.9. The van der Waals surface area contributed by atoms with Gasteiger partial charge in [-0.05, 0) is 23.1 Å². The van der Waals surface area contributed by atoms with Crippen LogP contribution in [0.15, 0.2) is 115 Å². The number of ether oxygens (including phenoxy) is 2. The zero-order valence-electron chi connectivity index (χ0n) is 27.0. The monoisotopic (exact) mass is 661 g/mol. The van der Waals surface area contributed by atoms with E-state index < -0.39 is 66.1 Å². The normalized spacial score (nSPS) is 29.8. The predicted molar refractivity (Wildman–Crippen MR) is 179 cm³/mol. The minimum Gasteiger partial charge on any atom is -0.463 e. The van der Waals surface area contributed by atoms with Crippen molar-refractivity contribution >= 4 is 23.7 Å². The molecular weight excluding hydrogens is 622 g/mol. The molecule has 49 heavy (non-hydrogen) atoms. The van der Waals surface area contributed by atoms with Gasteiger partial charge in [0.15, 0.2) is 0 Å². The van der Waals surface area contributed by atoms with Gasteiger partial charge in [-0.25, -0.2) is 0 Å². The lowest BCUT2D eigenvalue weighted by Gasteiger charge is -2.39. The van der Waals surface area contributed by atoms with E-state index in [9.17, 15) is 19.5 Å². The Morgan fingerprint density at radius 2 is 1.57 bits per heavy atom. The number of nitrogens with one attached hydrogen (secondary N) is 1. The smallest absolute Gasteiger partial charge is 0.306 e. The molecule has 0 radical (unpaired) electrons. The van der Waals surface area contributed by atoms with Crippen molar-refractivity contribution in [3.05, 3.63) is 132 Å². The zero-order valence-corrected chi connectivity index (χ0v) is 27.0. The average Bonchev–Trinajstić information content (AvgIpc) is 3.78. The number of amides is 3. The largest absolute Gasteiger partial charge is 0.463 e. The highest BCUT2D eigenvalue weighted by atomic mass is 16.5. The predicted octanol–water partition coefficient (Wildman–Crippen LogP) is 3.65. The summed E-state index contributed by atoms with van der Waals surface area (Å²) >= 11 is 0. The Morgan fingerprint density at radius 3 is 2.29 bits per heavy atom. The molecule has 10 heteroatoms. The lowest BCUT2D eigenvalue weighted by molar-refractivity contribution is -0.151. The van der Waals surface area contributed by atoms with Gasteiger partial charge in [-0.3, -0.25) is 19.2 Å². The van der Waals surface area contributed by atoms with Crippen LogP contribution in [0.5, 0.6) is 0 Å². The van der Waals surface area contributed by atoms with Gasteiger partial charge in [-0.1, -0.05) is 115 Å². The van der Waals surface area contributed by atoms with Gasteiger partial charge in [-0.2, -0.15) is 0 Å². The Labute approximate surface area is 285 Å². The van der Waals surface area contributed by atoms with E-state index in [1.807, 2.05) is 103 Å². The minimum atomic E-state index is -1.44. The Balaban J connectivity index is 1.33. The van der Waals surface area contributed by atoms with Crippen molar-refractivity contribution in [1.82, 2.24) is 15.1 Å². The number of aliphatic hydroxyl groups is 1. The first-order valence-corrected chi connectivity index (χ1v) is 16.7. The van der Waals surface area contributed by atoms with Crippen LogP contribution in [0, 0.1) is 11.8 Å². The number of hydrogen-bond acceptors (Lipinski definition) is 7. The van der Waals surface area contributed by atoms with E-state index in [2.05, 4.69) is 5.32 Å². The number of benzene rings is 3. The summed E-state index contributed by atoms with van der Waals surface area (Å²) in [6.45, 7) is -0.0816. The molecule has 10 nitrogen and oxygen atoms in total. The summed E-state index contributed by atoms with van der Waals surface area (Å²) in [5, 5.41) is 13.9. The zero-order chi connectivity index (χ0) is 34.0. The molecule has 4 heterocycles. The van der Waals surface area contributed by atoms with Crippen LogP contribution in [0.4, 0.5) is 0 Å². The number of carbonyl (C=O) groups is 4. The molecule has 3 aromatic rings. The summed E-state index contributed by atoms with van der Waals surface area (Å²) < 4.78 is 12.3. The number of likely N-dealkylation sites (tertiary alicyclic amines) is 1. The van der Waals surface area contributed by atoms with Crippen molar-refractivity contribution in [3.8, 4) is 0 Å². The number of aliphatic hydroxyl groups excluding tert-OH is 1. The Hall–Kier alpha value is -5.06. The Bertz CT molecular complexity index is 1750. The number of fused-ring (bicyclic) bond motifs is 2. The van der Waals surface area contributed by atoms with E-state index in [-0.39, 0.29) is 32.0 Å². The number of nitrogens with zero attached hydrogens (tertiary/aromatic N) is 2. The van der Waals surface area contributed by atoms with Gasteiger partial charge >= 0.3 is 5.97 Å². The second-order valence-corrected chi connectivity index (χ2v) is 12.9. The SMILES string of the molecule is O=C1CC/C=C\CN(Cc2ccccc2)C(=O)[C@@H]2N([C@H](CO)c3ccccc3)C(=O)[C@H]3[C@H](C(=O)N[C@H](c4ccccc4)CO1)[C@@H]1C=C[C@]23O1. The summed E-state index contributed by atoms with van der Waals surface area (Å²) in [7, 11) is 0. The Morgan fingerprint density at radius 1 is 0.878 bits per heavy atom. The third-order valence-corrected chi connectivity index (χ3v) is 10.0. The molecule has 0 aromatic heterocycles. The van der Waals surface area contributed by atoms with Crippen LogP contribution in [-0.2, 0) is 35.2 Å². The third kappa shape index (κ3) is 6.06. The van der Waals surface area contributed by atoms with E-state index in [0.717, 1.165) is 11.1 Å². The molecule has 5 bridgehead atoms. The maximum Gasteiger partial charge on any atom is 0.306 e. The second kappa shape index (κ2) is 13.8. The first-order valence-electron chi connectivity index (χ1n) is 16.7. The van der Waals surface area contributed by atoms with Gasteiger partial charge in [0, 0.05) is 19.5 Å². The standard InChI is InChI=1S/C39H39N3O7/c43-24-30(28-17-9-3-10-18-28)42-35-38(47)41(23-26-13-5-1-6-14-26)22-12-4-11-19-32(44)48-25-29(27-15-7-2-8-16-27)40-36(45)33-31-20-21-39(35,49-31)34(33)37(42)46/h1-10,12-18,20-21,29-31,33-35,43H,11,19,22-25H2,(H,40,45)/b12-4-/t29-,30+,31-,33+,34+,35-,39+/m0/s1. The van der Waals surface area contributed by atoms with Gasteiger partial charge in [0.05, 0.1) is 36.6 Å². The summed E-state index contributed by atoms with van der Waals surface area (Å²) in [6.07, 6.45) is 6.99. The molecule has 3 amide bonds. The first kappa shape index (κ1) is 32.5. The lowest BCUT2D eigenvalue weighted by atomic mass is 9.74. The highest BCUT2D eigenvalue weighted by molar-refractivity contribution is 6.00. The summed E-state index contributed by atoms with van der Waals surface area (Å²) in [6, 6.07) is 25.2. The molecule has 2 saturated heterocycles. The summed E-state index contributed by atoms with van der Waals surface area (Å²) in [4.78, 5) is 60.0. The quantitative estimate of drug-likeness (QED) is 0.305. The molecule has 0 aliphatic carbocycles. The number of allylic oxidation sites excluding steroid dienone is 1. The number of rotatable bonds is 6. The molecule has 2 fully saturated rings. The number of hydrogen-bond donors (Lipinski definition) is 2. The fourth-order valence-corrected chi connectivity index (χ4v) is 7.71. The maximum absolute atomic E-state index is 15.0. The molecule has 1 spiro atoms. The van der Waals surface area contributed by atoms with Crippen molar-refractivity contribution < 1.29 is 33.8 Å². The van der Waals surface area contributed by atoms with Crippen LogP contribution >= 0.6 is 0 Å². The molecule has 0 unspecified atom stereocenters. The number of esters is 1. The molecule has 4 aliphatic heterocycles. The van der Waals surface area contributed by atoms with Crippen LogP contribution < -0.4 is 5.32 Å². The van der Waals surface area contributed by atoms with Gasteiger partial charge < -0.3 is 29.7 Å². The molecular formula is C39H39N3O7. The molecule has 252 valence electrons. The maximum atomic E-state index is 15.0. The molecule has 3 aromatic carbocycles. The average molecular weight is 662 g/mol. The van der Waals surface area contributed by atoms with Crippen molar-refractivity contribution in [2.75, 3.05) is 19.8 Å². The van der Waals surface area contributed by atoms with E-state index in [4.69, 9.17) is 9.47 Å². The third-order valence-electron chi connectivity index (χ3n) is 10.0. The van der Waals surface area contributed by atoms with Gasteiger partial charge in [-0.15, -0.1) is 0 Å². The van der Waals surface area contributed by atoms with E-state index in [0.29, 0.717) is 12.0 Å². The van der Waals surface area contributed by atoms with Crippen molar-refractivity contribution in [3.63, 3.8) is 0 Å². The number of cyclic esters (lactones) is 1. The topological polar surface area (TPSA) is 125 Å². The van der Waals surface area contributed by atoms with E-state index in [1.54, 1.807) is 17.1 Å². The van der Waals surface area contributed by atoms with Crippen LogP contribution in [0.2, 0.25) is 0 Å². The van der Waals surface area contributed by atoms with Crippen LogP contribution in [-0.4, -0.2) is 76.1 Å². The van der Waals surface area contributed by atoms with E-state index >= 15 is 4.79 Å². The number of carbonyl (C=O) groups excluding carboxylic acids is 4.